The van der Waals surface area contributed by atoms with Gasteiger partial charge in [0.1, 0.15) is 17.1 Å². The van der Waals surface area contributed by atoms with Crippen LogP contribution in [0.3, 0.4) is 0 Å². The van der Waals surface area contributed by atoms with Gasteiger partial charge in [0.25, 0.3) is 0 Å². The standard InChI is InChI=1S/C13H13ClFN3O2/c1-6-7(3-19)8(4-20)11(6)18-2-9(15)10-12(14)16-5-17-13(10)18/h2,5,7-8,11,19-20H,1,3-4H2/t7-,8+,11+/m0/s1. The molecule has 106 valence electrons. The second-order valence-corrected chi connectivity index (χ2v) is 5.26. The Hall–Kier alpha value is -1.50. The van der Waals surface area contributed by atoms with Gasteiger partial charge in [-0.15, -0.1) is 0 Å². The smallest absolute Gasteiger partial charge is 0.153 e. The minimum absolute atomic E-state index is 0.0513. The summed E-state index contributed by atoms with van der Waals surface area (Å²) in [4.78, 5) is 7.83. The Bertz CT molecular complexity index is 688. The van der Waals surface area contributed by atoms with Crippen LogP contribution < -0.4 is 0 Å². The third-order valence-corrected chi connectivity index (χ3v) is 4.29. The van der Waals surface area contributed by atoms with Crippen molar-refractivity contribution in [3.05, 3.63) is 35.6 Å². The Morgan fingerprint density at radius 3 is 2.75 bits per heavy atom. The number of hydrogen-bond donors (Lipinski definition) is 2. The molecular weight excluding hydrogens is 285 g/mol. The number of aliphatic hydroxyl groups excluding tert-OH is 2. The molecule has 0 spiro atoms. The lowest BCUT2D eigenvalue weighted by molar-refractivity contribution is 0.0537. The molecule has 7 heteroatoms. The van der Waals surface area contributed by atoms with Gasteiger partial charge in [0.2, 0.25) is 0 Å². The summed E-state index contributed by atoms with van der Waals surface area (Å²) in [5.41, 5.74) is 1.11. The Morgan fingerprint density at radius 1 is 1.35 bits per heavy atom. The highest BCUT2D eigenvalue weighted by atomic mass is 35.5. The zero-order valence-electron chi connectivity index (χ0n) is 10.5. The molecule has 1 fully saturated rings. The summed E-state index contributed by atoms with van der Waals surface area (Å²) >= 11 is 5.89. The lowest BCUT2D eigenvalue weighted by atomic mass is 9.66. The van der Waals surface area contributed by atoms with Crippen LogP contribution in [0.25, 0.3) is 11.0 Å². The minimum Gasteiger partial charge on any atom is -0.396 e. The third kappa shape index (κ3) is 1.69. The molecule has 5 nitrogen and oxygen atoms in total. The Labute approximate surface area is 119 Å². The second-order valence-electron chi connectivity index (χ2n) is 4.90. The highest BCUT2D eigenvalue weighted by Gasteiger charge is 2.45. The fourth-order valence-corrected chi connectivity index (χ4v) is 3.17. The summed E-state index contributed by atoms with van der Waals surface area (Å²) in [6.07, 6.45) is 2.55. The van der Waals surface area contributed by atoms with E-state index < -0.39 is 5.82 Å². The van der Waals surface area contributed by atoms with Gasteiger partial charge < -0.3 is 14.8 Å². The van der Waals surface area contributed by atoms with Crippen LogP contribution in [0.2, 0.25) is 5.15 Å². The summed E-state index contributed by atoms with van der Waals surface area (Å²) in [6.45, 7) is 3.72. The fraction of sp³-hybridized carbons (Fsp3) is 0.385. The van der Waals surface area contributed by atoms with Crippen LogP contribution in [-0.2, 0) is 0 Å². The first-order chi connectivity index (χ1) is 9.60. The molecule has 3 atom stereocenters. The highest BCUT2D eigenvalue weighted by molar-refractivity contribution is 6.34. The van der Waals surface area contributed by atoms with Crippen LogP contribution in [-0.4, -0.2) is 38.0 Å². The zero-order valence-corrected chi connectivity index (χ0v) is 11.3. The maximum Gasteiger partial charge on any atom is 0.153 e. The van der Waals surface area contributed by atoms with Crippen LogP contribution in [0, 0.1) is 17.7 Å². The molecule has 0 amide bonds. The molecule has 0 radical (unpaired) electrons. The van der Waals surface area contributed by atoms with Crippen molar-refractivity contribution in [2.45, 2.75) is 6.04 Å². The van der Waals surface area contributed by atoms with E-state index in [2.05, 4.69) is 16.5 Å². The average Bonchev–Trinajstić information content (AvgIpc) is 2.75. The lowest BCUT2D eigenvalue weighted by Gasteiger charge is -2.46. The fourth-order valence-electron chi connectivity index (χ4n) is 2.95. The van der Waals surface area contributed by atoms with E-state index in [1.165, 1.54) is 12.5 Å². The predicted molar refractivity (Wildman–Crippen MR) is 71.8 cm³/mol. The zero-order chi connectivity index (χ0) is 14.4. The van der Waals surface area contributed by atoms with Gasteiger partial charge >= 0.3 is 0 Å². The normalized spacial score (nSPS) is 26.0. The average molecular weight is 298 g/mol. The molecule has 2 aromatic heterocycles. The largest absolute Gasteiger partial charge is 0.396 e. The van der Waals surface area contributed by atoms with E-state index in [1.807, 2.05) is 0 Å². The molecule has 1 aliphatic carbocycles. The van der Waals surface area contributed by atoms with Crippen molar-refractivity contribution < 1.29 is 14.6 Å². The SMILES string of the molecule is C=C1[C@@H](n2cc(F)c3c(Cl)ncnc32)[C@H](CO)[C@H]1CO. The molecule has 1 saturated carbocycles. The van der Waals surface area contributed by atoms with Crippen molar-refractivity contribution in [1.29, 1.82) is 0 Å². The quantitative estimate of drug-likeness (QED) is 0.666. The molecule has 0 aliphatic heterocycles. The number of fused-ring (bicyclic) bond motifs is 1. The molecule has 20 heavy (non-hydrogen) atoms. The lowest BCUT2D eigenvalue weighted by Crippen LogP contribution is -2.44. The topological polar surface area (TPSA) is 71.2 Å². The summed E-state index contributed by atoms with van der Waals surface area (Å²) in [6, 6.07) is -0.296. The number of rotatable bonds is 3. The first-order valence-corrected chi connectivity index (χ1v) is 6.54. The van der Waals surface area contributed by atoms with Gasteiger partial charge in [-0.05, 0) is 5.57 Å². The highest BCUT2D eigenvalue weighted by Crippen LogP contribution is 2.49. The Morgan fingerprint density at radius 2 is 2.10 bits per heavy atom. The maximum atomic E-state index is 14.0. The predicted octanol–water partition coefficient (Wildman–Crippen LogP) is 1.55. The van der Waals surface area contributed by atoms with Gasteiger partial charge in [-0.25, -0.2) is 14.4 Å². The molecule has 2 heterocycles. The van der Waals surface area contributed by atoms with Crippen molar-refractivity contribution in [1.82, 2.24) is 14.5 Å². The Kier molecular flexibility index (Phi) is 3.24. The van der Waals surface area contributed by atoms with E-state index >= 15 is 0 Å². The third-order valence-electron chi connectivity index (χ3n) is 4.00. The van der Waals surface area contributed by atoms with Crippen LogP contribution in [0.15, 0.2) is 24.7 Å². The van der Waals surface area contributed by atoms with Crippen molar-refractivity contribution in [3.63, 3.8) is 0 Å². The summed E-state index contributed by atoms with van der Waals surface area (Å²) in [7, 11) is 0. The molecule has 0 saturated heterocycles. The molecular formula is C13H13ClFN3O2. The van der Waals surface area contributed by atoms with E-state index in [-0.39, 0.29) is 41.6 Å². The van der Waals surface area contributed by atoms with Gasteiger partial charge in [-0.3, -0.25) is 0 Å². The maximum absolute atomic E-state index is 14.0. The van der Waals surface area contributed by atoms with Crippen molar-refractivity contribution in [2.75, 3.05) is 13.2 Å². The molecule has 0 unspecified atom stereocenters. The monoisotopic (exact) mass is 297 g/mol. The number of halogens is 2. The second kappa shape index (κ2) is 4.80. The van der Waals surface area contributed by atoms with Gasteiger partial charge in [0.15, 0.2) is 5.82 Å². The van der Waals surface area contributed by atoms with Gasteiger partial charge in [0, 0.05) is 24.6 Å². The van der Waals surface area contributed by atoms with E-state index in [0.29, 0.717) is 5.65 Å². The van der Waals surface area contributed by atoms with Crippen LogP contribution >= 0.6 is 11.6 Å². The van der Waals surface area contributed by atoms with E-state index in [0.717, 1.165) is 5.57 Å². The van der Waals surface area contributed by atoms with Crippen LogP contribution in [0.5, 0.6) is 0 Å². The first-order valence-electron chi connectivity index (χ1n) is 6.17. The number of aliphatic hydroxyl groups is 2. The van der Waals surface area contributed by atoms with Crippen molar-refractivity contribution in [2.24, 2.45) is 11.8 Å². The summed E-state index contributed by atoms with van der Waals surface area (Å²) in [5.74, 6) is -0.901. The number of hydrogen-bond acceptors (Lipinski definition) is 4. The first kappa shape index (κ1) is 13.5. The molecule has 3 rings (SSSR count). The van der Waals surface area contributed by atoms with Crippen molar-refractivity contribution in [3.8, 4) is 0 Å². The number of aromatic nitrogens is 3. The van der Waals surface area contributed by atoms with Crippen molar-refractivity contribution >= 4 is 22.6 Å². The van der Waals surface area contributed by atoms with E-state index in [4.69, 9.17) is 11.6 Å². The van der Waals surface area contributed by atoms with Gasteiger partial charge in [-0.1, -0.05) is 18.2 Å². The van der Waals surface area contributed by atoms with E-state index in [1.54, 1.807) is 4.57 Å². The Balaban J connectivity index is 2.12. The molecule has 0 bridgehead atoms. The summed E-state index contributed by atoms with van der Waals surface area (Å²) < 4.78 is 15.6. The molecule has 2 N–H and O–H groups in total. The minimum atomic E-state index is -0.512. The van der Waals surface area contributed by atoms with Crippen LogP contribution in [0.1, 0.15) is 6.04 Å². The van der Waals surface area contributed by atoms with E-state index in [9.17, 15) is 14.6 Å². The summed E-state index contributed by atoms with van der Waals surface area (Å²) in [5, 5.41) is 18.9. The van der Waals surface area contributed by atoms with Gasteiger partial charge in [-0.2, -0.15) is 0 Å². The van der Waals surface area contributed by atoms with Gasteiger partial charge in [0.05, 0.1) is 18.0 Å². The molecule has 1 aliphatic rings. The van der Waals surface area contributed by atoms with Crippen LogP contribution in [0.4, 0.5) is 4.39 Å². The molecule has 0 aromatic carbocycles. The molecule has 2 aromatic rings. The number of nitrogens with zero attached hydrogens (tertiary/aromatic N) is 3.